The normalized spacial score (nSPS) is 22.1. The molecule has 2 saturated heterocycles. The number of amides is 1. The van der Waals surface area contributed by atoms with Crippen molar-refractivity contribution < 1.29 is 24.0 Å². The third kappa shape index (κ3) is 3.93. The second-order valence-corrected chi connectivity index (χ2v) is 8.09. The highest BCUT2D eigenvalue weighted by atomic mass is 16.7. The van der Waals surface area contributed by atoms with Gasteiger partial charge in [0.25, 0.3) is 17.3 Å². The van der Waals surface area contributed by atoms with Gasteiger partial charge in [-0.15, -0.1) is 0 Å². The number of nitro benzene ring substituents is 2. The molecule has 2 fully saturated rings. The van der Waals surface area contributed by atoms with Gasteiger partial charge in [-0.2, -0.15) is 0 Å². The fourth-order valence-corrected chi connectivity index (χ4v) is 4.46. The first-order valence-corrected chi connectivity index (χ1v) is 10.2. The summed E-state index contributed by atoms with van der Waals surface area (Å²) in [5.41, 5.74) is -0.0315. The molecule has 32 heavy (non-hydrogen) atoms. The summed E-state index contributed by atoms with van der Waals surface area (Å²) < 4.78 is 5.35. The smallest absolute Gasteiger partial charge is 0.269 e. The molecule has 2 aliphatic rings. The van der Waals surface area contributed by atoms with Crippen LogP contribution in [-0.4, -0.2) is 57.3 Å². The van der Waals surface area contributed by atoms with E-state index in [9.17, 15) is 30.2 Å². The maximum absolute atomic E-state index is 13.8. The average Bonchev–Trinajstić information content (AvgIpc) is 3.09. The number of carbonyl (C=O) groups is 1. The van der Waals surface area contributed by atoms with Gasteiger partial charge in [0, 0.05) is 61.3 Å². The largest absolute Gasteiger partial charge is 0.630 e. The van der Waals surface area contributed by atoms with Crippen LogP contribution >= 0.6 is 0 Å². The Morgan fingerprint density at radius 2 is 1.50 bits per heavy atom. The molecule has 11 nitrogen and oxygen atoms in total. The van der Waals surface area contributed by atoms with Crippen LogP contribution in [0.1, 0.15) is 28.8 Å². The molecule has 0 N–H and O–H groups in total. The standard InChI is InChI=1S/C21H22N4O7/c26-20(17-3-7-19(8-4-17)24(29)30)22-11-9-21(10-12-22)25(31,13-14-32-21)15-16-1-5-18(6-2-16)23(27)28/h1-8H,9-15H2. The molecule has 2 aliphatic heterocycles. The van der Waals surface area contributed by atoms with E-state index in [-0.39, 0.29) is 30.4 Å². The number of quaternary nitrogens is 1. The number of carbonyl (C=O) groups excluding carboxylic acids is 1. The maximum atomic E-state index is 13.8. The highest BCUT2D eigenvalue weighted by Crippen LogP contribution is 2.41. The Labute approximate surface area is 183 Å². The molecule has 0 aromatic heterocycles. The van der Waals surface area contributed by atoms with Gasteiger partial charge in [0.05, 0.1) is 9.85 Å². The SMILES string of the molecule is O=C(c1ccc([N+](=O)[O-])cc1)N1CCC2(CC1)OCC[N+]2([O-])Cc1ccc([N+](=O)[O-])cc1. The van der Waals surface area contributed by atoms with Crippen LogP contribution in [0.25, 0.3) is 0 Å². The Hall–Kier alpha value is -3.41. The lowest BCUT2D eigenvalue weighted by molar-refractivity contribution is -0.948. The highest BCUT2D eigenvalue weighted by molar-refractivity contribution is 5.94. The van der Waals surface area contributed by atoms with Crippen molar-refractivity contribution in [1.29, 1.82) is 0 Å². The topological polar surface area (TPSA) is 139 Å². The van der Waals surface area contributed by atoms with E-state index in [1.54, 1.807) is 17.0 Å². The zero-order valence-corrected chi connectivity index (χ0v) is 17.2. The number of nitro groups is 2. The summed E-state index contributed by atoms with van der Waals surface area (Å²) in [7, 11) is 0. The number of hydroxylamine groups is 3. The fraction of sp³-hybridized carbons (Fsp3) is 0.381. The molecule has 2 heterocycles. The van der Waals surface area contributed by atoms with Gasteiger partial charge in [-0.1, -0.05) is 0 Å². The molecular formula is C21H22N4O7. The van der Waals surface area contributed by atoms with Crippen molar-refractivity contribution >= 4 is 17.3 Å². The van der Waals surface area contributed by atoms with Gasteiger partial charge >= 0.3 is 0 Å². The lowest BCUT2D eigenvalue weighted by atomic mass is 9.96. The summed E-state index contributed by atoms with van der Waals surface area (Å²) in [5.74, 6) is -0.243. The van der Waals surface area contributed by atoms with Gasteiger partial charge in [0.15, 0.2) is 0 Å². The molecule has 2 aromatic rings. The number of hydrogen-bond acceptors (Lipinski definition) is 7. The van der Waals surface area contributed by atoms with E-state index >= 15 is 0 Å². The van der Waals surface area contributed by atoms with Crippen LogP contribution in [0, 0.1) is 25.4 Å². The van der Waals surface area contributed by atoms with Gasteiger partial charge in [-0.25, -0.2) is 0 Å². The minimum Gasteiger partial charge on any atom is -0.630 e. The molecule has 2 aromatic carbocycles. The molecule has 1 unspecified atom stereocenters. The zero-order chi connectivity index (χ0) is 22.9. The van der Waals surface area contributed by atoms with Gasteiger partial charge in [-0.3, -0.25) is 25.0 Å². The second kappa shape index (κ2) is 8.26. The number of piperidine rings is 1. The number of ether oxygens (including phenoxy) is 1. The summed E-state index contributed by atoms with van der Waals surface area (Å²) in [6, 6.07) is 11.4. The van der Waals surface area contributed by atoms with E-state index in [4.69, 9.17) is 4.74 Å². The van der Waals surface area contributed by atoms with Crippen LogP contribution in [0.3, 0.4) is 0 Å². The molecule has 1 atom stereocenters. The summed E-state index contributed by atoms with van der Waals surface area (Å²) in [5, 5.41) is 35.4. The third-order valence-corrected chi connectivity index (χ3v) is 6.31. The van der Waals surface area contributed by atoms with Crippen LogP contribution in [0.15, 0.2) is 48.5 Å². The molecule has 0 radical (unpaired) electrons. The molecule has 0 aliphatic carbocycles. The van der Waals surface area contributed by atoms with Gasteiger partial charge in [-0.05, 0) is 24.3 Å². The van der Waals surface area contributed by atoms with Crippen LogP contribution < -0.4 is 0 Å². The van der Waals surface area contributed by atoms with Crippen molar-refractivity contribution in [1.82, 2.24) is 4.90 Å². The Balaban J connectivity index is 1.44. The summed E-state index contributed by atoms with van der Waals surface area (Å²) in [6.07, 6.45) is 0.727. The van der Waals surface area contributed by atoms with E-state index in [0.717, 1.165) is 0 Å². The van der Waals surface area contributed by atoms with Crippen LogP contribution in [0.5, 0.6) is 0 Å². The summed E-state index contributed by atoms with van der Waals surface area (Å²) >= 11 is 0. The lowest BCUT2D eigenvalue weighted by Gasteiger charge is -2.53. The predicted octanol–water partition coefficient (Wildman–Crippen LogP) is 2.98. The second-order valence-electron chi connectivity index (χ2n) is 8.09. The molecule has 1 spiro atoms. The molecule has 0 bridgehead atoms. The van der Waals surface area contributed by atoms with Crippen molar-refractivity contribution in [3.05, 3.63) is 85.1 Å². The first kappa shape index (κ1) is 21.8. The van der Waals surface area contributed by atoms with Crippen molar-refractivity contribution in [2.24, 2.45) is 0 Å². The van der Waals surface area contributed by atoms with E-state index in [0.29, 0.717) is 43.7 Å². The fourth-order valence-electron chi connectivity index (χ4n) is 4.46. The average molecular weight is 442 g/mol. The summed E-state index contributed by atoms with van der Waals surface area (Å²) in [4.78, 5) is 35.1. The molecular weight excluding hydrogens is 420 g/mol. The Kier molecular flexibility index (Phi) is 5.63. The first-order valence-electron chi connectivity index (χ1n) is 10.2. The minimum atomic E-state index is -0.964. The monoisotopic (exact) mass is 442 g/mol. The first-order chi connectivity index (χ1) is 15.2. The van der Waals surface area contributed by atoms with Crippen molar-refractivity contribution in [2.45, 2.75) is 25.1 Å². The van der Waals surface area contributed by atoms with Gasteiger partial charge < -0.3 is 19.5 Å². The molecule has 4 rings (SSSR count). The molecule has 11 heteroatoms. The van der Waals surface area contributed by atoms with Crippen molar-refractivity contribution in [3.8, 4) is 0 Å². The van der Waals surface area contributed by atoms with Gasteiger partial charge in [0.1, 0.15) is 19.7 Å². The minimum absolute atomic E-state index is 0.0309. The van der Waals surface area contributed by atoms with Gasteiger partial charge in [0.2, 0.25) is 5.72 Å². The number of hydrogen-bond donors (Lipinski definition) is 0. The number of likely N-dealkylation sites (tertiary alicyclic amines) is 1. The highest BCUT2D eigenvalue weighted by Gasteiger charge is 2.53. The van der Waals surface area contributed by atoms with Crippen LogP contribution in [0.2, 0.25) is 0 Å². The number of rotatable bonds is 5. The number of non-ortho nitro benzene ring substituents is 2. The van der Waals surface area contributed by atoms with E-state index in [1.165, 1.54) is 36.4 Å². The summed E-state index contributed by atoms with van der Waals surface area (Å²) in [6.45, 7) is 1.38. The van der Waals surface area contributed by atoms with E-state index < -0.39 is 20.2 Å². The van der Waals surface area contributed by atoms with Crippen molar-refractivity contribution in [3.63, 3.8) is 0 Å². The number of nitrogens with zero attached hydrogens (tertiary/aromatic N) is 4. The van der Waals surface area contributed by atoms with E-state index in [2.05, 4.69) is 0 Å². The van der Waals surface area contributed by atoms with E-state index in [1.807, 2.05) is 0 Å². The zero-order valence-electron chi connectivity index (χ0n) is 17.2. The molecule has 168 valence electrons. The quantitative estimate of drug-likeness (QED) is 0.300. The number of benzene rings is 2. The Morgan fingerprint density at radius 3 is 2.03 bits per heavy atom. The molecule has 1 amide bonds. The predicted molar refractivity (Wildman–Crippen MR) is 112 cm³/mol. The lowest BCUT2D eigenvalue weighted by Crippen LogP contribution is -2.61. The third-order valence-electron chi connectivity index (χ3n) is 6.31. The van der Waals surface area contributed by atoms with Crippen LogP contribution in [0.4, 0.5) is 11.4 Å². The van der Waals surface area contributed by atoms with Crippen molar-refractivity contribution in [2.75, 3.05) is 26.2 Å². The maximum Gasteiger partial charge on any atom is 0.269 e. The Morgan fingerprint density at radius 1 is 0.969 bits per heavy atom. The van der Waals surface area contributed by atoms with Crippen LogP contribution in [-0.2, 0) is 11.3 Å². The Bertz CT molecular complexity index is 1030. The molecule has 0 saturated carbocycles.